The normalized spacial score (nSPS) is 10.9. The third-order valence-electron chi connectivity index (χ3n) is 4.94. The number of aromatic nitrogens is 2. The number of phenols is 1. The molecule has 0 saturated heterocycles. The number of carbonyl (C=O) groups is 1. The summed E-state index contributed by atoms with van der Waals surface area (Å²) in [7, 11) is 3.11. The quantitative estimate of drug-likeness (QED) is 0.278. The van der Waals surface area contributed by atoms with Crippen LogP contribution in [0.4, 0.5) is 0 Å². The van der Waals surface area contributed by atoms with Gasteiger partial charge in [0.25, 0.3) is 11.8 Å². The van der Waals surface area contributed by atoms with Gasteiger partial charge in [0.1, 0.15) is 11.5 Å². The summed E-state index contributed by atoms with van der Waals surface area (Å²) in [5.74, 6) is 2.02. The molecule has 0 unspecified atom stereocenters. The predicted molar refractivity (Wildman–Crippen MR) is 125 cm³/mol. The van der Waals surface area contributed by atoms with Crippen LogP contribution >= 0.6 is 0 Å². The molecule has 0 amide bonds. The SMILES string of the molecule is COc1ccc(C(=O)/C=C/c2ccc(OCc3nnc(-c4ccccc4O)o3)c(OC)c2)cc1. The first-order valence-corrected chi connectivity index (χ1v) is 10.4. The number of carbonyl (C=O) groups excluding carboxylic acids is 1. The lowest BCUT2D eigenvalue weighted by molar-refractivity contribution is 0.104. The van der Waals surface area contributed by atoms with Crippen molar-refractivity contribution in [3.05, 3.63) is 89.8 Å². The van der Waals surface area contributed by atoms with Crippen LogP contribution in [0.2, 0.25) is 0 Å². The van der Waals surface area contributed by atoms with Crippen molar-refractivity contribution in [3.63, 3.8) is 0 Å². The summed E-state index contributed by atoms with van der Waals surface area (Å²) in [5, 5.41) is 17.8. The lowest BCUT2D eigenvalue weighted by atomic mass is 10.1. The van der Waals surface area contributed by atoms with Gasteiger partial charge in [0, 0.05) is 5.56 Å². The Morgan fingerprint density at radius 1 is 0.971 bits per heavy atom. The van der Waals surface area contributed by atoms with E-state index in [4.69, 9.17) is 18.6 Å². The van der Waals surface area contributed by atoms with Crippen LogP contribution in [0.3, 0.4) is 0 Å². The van der Waals surface area contributed by atoms with E-state index < -0.39 is 0 Å². The van der Waals surface area contributed by atoms with E-state index in [9.17, 15) is 9.90 Å². The molecule has 4 aromatic rings. The molecule has 0 aliphatic carbocycles. The van der Waals surface area contributed by atoms with Gasteiger partial charge in [-0.2, -0.15) is 0 Å². The molecule has 4 rings (SSSR count). The van der Waals surface area contributed by atoms with Crippen LogP contribution in [0.15, 0.2) is 77.2 Å². The zero-order valence-electron chi connectivity index (χ0n) is 18.6. The second-order valence-corrected chi connectivity index (χ2v) is 7.14. The zero-order chi connectivity index (χ0) is 23.9. The van der Waals surface area contributed by atoms with Crippen molar-refractivity contribution in [2.24, 2.45) is 0 Å². The summed E-state index contributed by atoms with van der Waals surface area (Å²) in [6.07, 6.45) is 3.20. The first kappa shape index (κ1) is 22.6. The summed E-state index contributed by atoms with van der Waals surface area (Å²) < 4.78 is 21.9. The number of hydrogen-bond donors (Lipinski definition) is 1. The fraction of sp³-hybridized carbons (Fsp3) is 0.115. The van der Waals surface area contributed by atoms with Gasteiger partial charge in [-0.3, -0.25) is 4.79 Å². The van der Waals surface area contributed by atoms with Gasteiger partial charge in [-0.15, -0.1) is 10.2 Å². The molecule has 0 spiro atoms. The minimum absolute atomic E-state index is 0.0160. The number of para-hydroxylation sites is 1. The second kappa shape index (κ2) is 10.4. The van der Waals surface area contributed by atoms with Gasteiger partial charge in [0.05, 0.1) is 19.8 Å². The molecule has 0 atom stereocenters. The summed E-state index contributed by atoms with van der Waals surface area (Å²) in [5.41, 5.74) is 1.77. The number of ketones is 1. The Morgan fingerprint density at radius 3 is 2.50 bits per heavy atom. The van der Waals surface area contributed by atoms with Crippen LogP contribution in [0.1, 0.15) is 21.8 Å². The van der Waals surface area contributed by atoms with E-state index >= 15 is 0 Å². The minimum atomic E-state index is -0.126. The van der Waals surface area contributed by atoms with E-state index in [0.717, 1.165) is 5.56 Å². The molecule has 8 nitrogen and oxygen atoms in total. The highest BCUT2D eigenvalue weighted by atomic mass is 16.5. The standard InChI is InChI=1S/C26H22N2O6/c1-31-19-11-9-18(10-12-19)21(29)13-7-17-8-14-23(24(15-17)32-2)33-16-25-27-28-26(34-25)20-5-3-4-6-22(20)30/h3-15,30H,16H2,1-2H3/b13-7+. The van der Waals surface area contributed by atoms with Gasteiger partial charge in [-0.05, 0) is 60.2 Å². The Kier molecular flexibility index (Phi) is 6.88. The molecule has 3 aromatic carbocycles. The van der Waals surface area contributed by atoms with Crippen molar-refractivity contribution in [3.8, 4) is 34.5 Å². The molecule has 8 heteroatoms. The number of methoxy groups -OCH3 is 2. The number of ether oxygens (including phenoxy) is 3. The van der Waals surface area contributed by atoms with Crippen LogP contribution in [-0.2, 0) is 6.61 Å². The molecule has 0 bridgehead atoms. The molecule has 1 aromatic heterocycles. The molecule has 1 heterocycles. The van der Waals surface area contributed by atoms with Crippen molar-refractivity contribution in [1.82, 2.24) is 10.2 Å². The smallest absolute Gasteiger partial charge is 0.254 e. The van der Waals surface area contributed by atoms with Crippen molar-refractivity contribution < 1.29 is 28.5 Å². The molecule has 172 valence electrons. The lowest BCUT2D eigenvalue weighted by Crippen LogP contribution is -1.98. The Balaban J connectivity index is 1.42. The Bertz CT molecular complexity index is 1310. The molecule has 34 heavy (non-hydrogen) atoms. The fourth-order valence-corrected chi connectivity index (χ4v) is 3.15. The van der Waals surface area contributed by atoms with E-state index in [0.29, 0.717) is 28.4 Å². The van der Waals surface area contributed by atoms with Crippen molar-refractivity contribution in [2.45, 2.75) is 6.61 Å². The van der Waals surface area contributed by atoms with Gasteiger partial charge >= 0.3 is 0 Å². The van der Waals surface area contributed by atoms with Crippen LogP contribution in [0.5, 0.6) is 23.0 Å². The van der Waals surface area contributed by atoms with Gasteiger partial charge in [0.15, 0.2) is 23.9 Å². The third-order valence-corrected chi connectivity index (χ3v) is 4.94. The zero-order valence-corrected chi connectivity index (χ0v) is 18.6. The fourth-order valence-electron chi connectivity index (χ4n) is 3.15. The first-order valence-electron chi connectivity index (χ1n) is 10.4. The van der Waals surface area contributed by atoms with E-state index in [-0.39, 0.29) is 29.9 Å². The molecular weight excluding hydrogens is 436 g/mol. The number of phenolic OH excluding ortho intramolecular Hbond substituents is 1. The predicted octanol–water partition coefficient (Wildman–Crippen LogP) is 4.93. The molecule has 0 radical (unpaired) electrons. The van der Waals surface area contributed by atoms with Crippen molar-refractivity contribution in [1.29, 1.82) is 0 Å². The maximum absolute atomic E-state index is 12.4. The summed E-state index contributed by atoms with van der Waals surface area (Å²) in [6.45, 7) is 0.0160. The highest BCUT2D eigenvalue weighted by Crippen LogP contribution is 2.30. The highest BCUT2D eigenvalue weighted by molar-refractivity contribution is 6.06. The largest absolute Gasteiger partial charge is 0.507 e. The Morgan fingerprint density at radius 2 is 1.76 bits per heavy atom. The van der Waals surface area contributed by atoms with E-state index in [1.165, 1.54) is 13.2 Å². The topological polar surface area (TPSA) is 104 Å². The molecule has 1 N–H and O–H groups in total. The van der Waals surface area contributed by atoms with Crippen molar-refractivity contribution >= 4 is 11.9 Å². The average molecular weight is 458 g/mol. The van der Waals surface area contributed by atoms with E-state index in [1.54, 1.807) is 79.9 Å². The van der Waals surface area contributed by atoms with Gasteiger partial charge in [-0.1, -0.05) is 24.3 Å². The minimum Gasteiger partial charge on any atom is -0.507 e. The number of nitrogens with zero attached hydrogens (tertiary/aromatic N) is 2. The monoisotopic (exact) mass is 458 g/mol. The Hall–Kier alpha value is -4.59. The number of hydrogen-bond acceptors (Lipinski definition) is 8. The molecule has 0 saturated carbocycles. The van der Waals surface area contributed by atoms with E-state index in [2.05, 4.69) is 10.2 Å². The number of benzene rings is 3. The maximum atomic E-state index is 12.4. The molecule has 0 aliphatic heterocycles. The lowest BCUT2D eigenvalue weighted by Gasteiger charge is -2.10. The van der Waals surface area contributed by atoms with Gasteiger partial charge in [-0.25, -0.2) is 0 Å². The maximum Gasteiger partial charge on any atom is 0.254 e. The molecular formula is C26H22N2O6. The first-order chi connectivity index (χ1) is 16.6. The van der Waals surface area contributed by atoms with Crippen LogP contribution in [0, 0.1) is 0 Å². The van der Waals surface area contributed by atoms with Crippen molar-refractivity contribution in [2.75, 3.05) is 14.2 Å². The summed E-state index contributed by atoms with van der Waals surface area (Å²) >= 11 is 0. The molecule has 0 fully saturated rings. The van der Waals surface area contributed by atoms with Gasteiger partial charge in [0.2, 0.25) is 0 Å². The van der Waals surface area contributed by atoms with Crippen LogP contribution < -0.4 is 14.2 Å². The molecule has 0 aliphatic rings. The summed E-state index contributed by atoms with van der Waals surface area (Å²) in [4.78, 5) is 12.4. The van der Waals surface area contributed by atoms with Crippen LogP contribution in [0.25, 0.3) is 17.5 Å². The summed E-state index contributed by atoms with van der Waals surface area (Å²) in [6, 6.07) is 18.9. The number of aromatic hydroxyl groups is 1. The highest BCUT2D eigenvalue weighted by Gasteiger charge is 2.13. The van der Waals surface area contributed by atoms with Crippen LogP contribution in [-0.4, -0.2) is 35.3 Å². The second-order valence-electron chi connectivity index (χ2n) is 7.14. The number of allylic oxidation sites excluding steroid dienone is 1. The Labute approximate surface area is 196 Å². The van der Waals surface area contributed by atoms with Gasteiger partial charge < -0.3 is 23.7 Å². The average Bonchev–Trinajstić information content (AvgIpc) is 3.35. The van der Waals surface area contributed by atoms with E-state index in [1.807, 2.05) is 0 Å². The third kappa shape index (κ3) is 5.24. The number of rotatable bonds is 9.